The third-order valence-corrected chi connectivity index (χ3v) is 2.52. The van der Waals surface area contributed by atoms with Crippen LogP contribution in [0.2, 0.25) is 0 Å². The van der Waals surface area contributed by atoms with Gasteiger partial charge in [0.2, 0.25) is 0 Å². The first-order valence-electron chi connectivity index (χ1n) is 4.93. The molecule has 0 amide bonds. The fourth-order valence-electron chi connectivity index (χ4n) is 1.25. The lowest BCUT2D eigenvalue weighted by molar-refractivity contribution is -0.384. The molecule has 0 radical (unpaired) electrons. The predicted octanol–water partition coefficient (Wildman–Crippen LogP) is 3.60. The minimum Gasteiger partial charge on any atom is -0.423 e. The molecule has 0 unspecified atom stereocenters. The van der Waals surface area contributed by atoms with Crippen LogP contribution in [0, 0.1) is 10.1 Å². The minimum absolute atomic E-state index is 0.0850. The second-order valence-corrected chi connectivity index (χ2v) is 5.71. The molecule has 0 bridgehead atoms. The highest BCUT2D eigenvalue weighted by Crippen LogP contribution is 2.31. The summed E-state index contributed by atoms with van der Waals surface area (Å²) in [7, 11) is 0. The quantitative estimate of drug-likeness (QED) is 0.212. The van der Waals surface area contributed by atoms with E-state index in [0.717, 1.165) is 0 Å². The van der Waals surface area contributed by atoms with Crippen molar-refractivity contribution < 1.29 is 14.5 Å². The average molecular weight is 325 g/mol. The number of esters is 1. The van der Waals surface area contributed by atoms with Crippen molar-refractivity contribution >= 4 is 46.5 Å². The highest BCUT2D eigenvalue weighted by molar-refractivity contribution is 6.75. The van der Waals surface area contributed by atoms with E-state index in [0.29, 0.717) is 5.56 Å². The van der Waals surface area contributed by atoms with Gasteiger partial charge in [-0.3, -0.25) is 10.1 Å². The van der Waals surface area contributed by atoms with E-state index in [4.69, 9.17) is 39.5 Å². The molecule has 0 aliphatic heterocycles. The highest BCUT2D eigenvalue weighted by atomic mass is 35.6. The zero-order valence-corrected chi connectivity index (χ0v) is 11.7. The summed E-state index contributed by atoms with van der Waals surface area (Å²) in [6.45, 7) is 3.51. The lowest BCUT2D eigenvalue weighted by Gasteiger charge is -2.12. The topological polar surface area (TPSA) is 69.4 Å². The van der Waals surface area contributed by atoms with Gasteiger partial charge in [-0.25, -0.2) is 4.79 Å². The molecule has 1 aromatic rings. The number of nitro benzene ring substituents is 1. The average Bonchev–Trinajstić information content (AvgIpc) is 2.30. The molecule has 0 fully saturated rings. The van der Waals surface area contributed by atoms with Crippen LogP contribution < -0.4 is 4.74 Å². The number of hydrogen-bond donors (Lipinski definition) is 0. The summed E-state index contributed by atoms with van der Waals surface area (Å²) in [5.74, 6) is -1.00. The first kappa shape index (κ1) is 15.8. The second kappa shape index (κ2) is 6.23. The summed E-state index contributed by atoms with van der Waals surface area (Å²) in [5.41, 5.74) is 0.261. The van der Waals surface area contributed by atoms with Gasteiger partial charge >= 0.3 is 5.97 Å². The molecule has 0 heterocycles. The Morgan fingerprint density at radius 2 is 2.11 bits per heavy atom. The maximum atomic E-state index is 11.4. The monoisotopic (exact) mass is 323 g/mol. The Balaban J connectivity index is 3.10. The van der Waals surface area contributed by atoms with Crippen molar-refractivity contribution in [2.24, 2.45) is 0 Å². The number of carbonyl (C=O) groups excluding carboxylic acids is 1. The van der Waals surface area contributed by atoms with Crippen LogP contribution in [-0.4, -0.2) is 14.7 Å². The zero-order valence-electron chi connectivity index (χ0n) is 9.44. The number of alkyl halides is 3. The molecule has 5 nitrogen and oxygen atoms in total. The maximum Gasteiger partial charge on any atom is 0.363 e. The molecule has 0 aliphatic rings. The fraction of sp³-hybridized carbons (Fsp3) is 0.182. The maximum absolute atomic E-state index is 11.4. The van der Waals surface area contributed by atoms with Crippen LogP contribution in [0.25, 0.3) is 0 Å². The van der Waals surface area contributed by atoms with E-state index in [1.54, 1.807) is 0 Å². The van der Waals surface area contributed by atoms with E-state index >= 15 is 0 Å². The largest absolute Gasteiger partial charge is 0.423 e. The van der Waals surface area contributed by atoms with E-state index in [1.165, 1.54) is 24.3 Å². The van der Waals surface area contributed by atoms with Crippen LogP contribution in [0.3, 0.4) is 0 Å². The molecular formula is C11H8Cl3NO4. The number of hydrogen-bond acceptors (Lipinski definition) is 4. The van der Waals surface area contributed by atoms with Crippen molar-refractivity contribution in [1.29, 1.82) is 0 Å². The van der Waals surface area contributed by atoms with Gasteiger partial charge in [0.15, 0.2) is 0 Å². The lowest BCUT2D eigenvalue weighted by Crippen LogP contribution is -2.25. The Labute approximate surface area is 123 Å². The van der Waals surface area contributed by atoms with Crippen molar-refractivity contribution in [3.8, 4) is 5.75 Å². The van der Waals surface area contributed by atoms with Crippen molar-refractivity contribution in [2.75, 3.05) is 0 Å². The first-order chi connectivity index (χ1) is 8.75. The molecule has 0 atom stereocenters. The summed E-state index contributed by atoms with van der Waals surface area (Å²) in [6.07, 6.45) is 1.77. The number of nitro groups is 1. The molecular weight excluding hydrogens is 316 g/mol. The van der Waals surface area contributed by atoms with Crippen LogP contribution in [-0.2, 0) is 11.2 Å². The van der Waals surface area contributed by atoms with E-state index in [-0.39, 0.29) is 17.9 Å². The highest BCUT2D eigenvalue weighted by Gasteiger charge is 2.33. The van der Waals surface area contributed by atoms with Crippen molar-refractivity contribution in [3.63, 3.8) is 0 Å². The van der Waals surface area contributed by atoms with Crippen molar-refractivity contribution in [3.05, 3.63) is 46.5 Å². The van der Waals surface area contributed by atoms with Crippen LogP contribution in [0.5, 0.6) is 5.75 Å². The van der Waals surface area contributed by atoms with E-state index in [1.807, 2.05) is 0 Å². The van der Waals surface area contributed by atoms with Crippen LogP contribution in [0.15, 0.2) is 30.9 Å². The molecule has 102 valence electrons. The van der Waals surface area contributed by atoms with E-state index in [9.17, 15) is 14.9 Å². The van der Waals surface area contributed by atoms with Crippen LogP contribution >= 0.6 is 34.8 Å². The van der Waals surface area contributed by atoms with Gasteiger partial charge < -0.3 is 4.74 Å². The summed E-state index contributed by atoms with van der Waals surface area (Å²) >= 11 is 16.1. The molecule has 8 heteroatoms. The van der Waals surface area contributed by atoms with Crippen molar-refractivity contribution in [1.82, 2.24) is 0 Å². The Hall–Kier alpha value is -1.30. The third-order valence-electron chi connectivity index (χ3n) is 2.05. The summed E-state index contributed by atoms with van der Waals surface area (Å²) in [6, 6.07) is 3.72. The number of nitrogens with zero attached hydrogens (tertiary/aromatic N) is 1. The number of rotatable bonds is 4. The van der Waals surface area contributed by atoms with Gasteiger partial charge in [-0.15, -0.1) is 6.58 Å². The van der Waals surface area contributed by atoms with Gasteiger partial charge in [0.05, 0.1) is 4.92 Å². The number of benzene rings is 1. The molecule has 1 aromatic carbocycles. The van der Waals surface area contributed by atoms with Crippen LogP contribution in [0.1, 0.15) is 5.56 Å². The Morgan fingerprint density at radius 1 is 1.47 bits per heavy atom. The number of halogens is 3. The zero-order chi connectivity index (χ0) is 14.6. The van der Waals surface area contributed by atoms with Gasteiger partial charge in [-0.2, -0.15) is 0 Å². The third kappa shape index (κ3) is 4.38. The first-order valence-corrected chi connectivity index (χ1v) is 6.06. The van der Waals surface area contributed by atoms with Gasteiger partial charge in [0.1, 0.15) is 5.75 Å². The normalized spacial score (nSPS) is 10.9. The van der Waals surface area contributed by atoms with Gasteiger partial charge in [0.25, 0.3) is 9.48 Å². The molecule has 0 aromatic heterocycles. The number of non-ortho nitro benzene ring substituents is 1. The standard InChI is InChI=1S/C11H8Cl3NO4/c1-2-3-7-6-8(15(17)18)4-5-9(7)19-10(16)11(12,13)14/h2,4-6H,1,3H2. The Morgan fingerprint density at radius 3 is 2.58 bits per heavy atom. The Kier molecular flexibility index (Phi) is 5.17. The molecule has 0 saturated carbocycles. The number of ether oxygens (including phenoxy) is 1. The predicted molar refractivity (Wildman–Crippen MR) is 72.9 cm³/mol. The number of allylic oxidation sites excluding steroid dienone is 1. The smallest absolute Gasteiger partial charge is 0.363 e. The van der Waals surface area contributed by atoms with Gasteiger partial charge in [0, 0.05) is 17.7 Å². The lowest BCUT2D eigenvalue weighted by atomic mass is 10.1. The second-order valence-electron chi connectivity index (χ2n) is 3.43. The molecule has 19 heavy (non-hydrogen) atoms. The molecule has 0 N–H and O–H groups in total. The van der Waals surface area contributed by atoms with E-state index < -0.39 is 14.7 Å². The van der Waals surface area contributed by atoms with Gasteiger partial charge in [-0.05, 0) is 12.5 Å². The molecule has 0 aliphatic carbocycles. The summed E-state index contributed by atoms with van der Waals surface area (Å²) in [5, 5.41) is 10.7. The summed E-state index contributed by atoms with van der Waals surface area (Å²) in [4.78, 5) is 21.5. The van der Waals surface area contributed by atoms with Crippen LogP contribution in [0.4, 0.5) is 5.69 Å². The molecule has 1 rings (SSSR count). The fourth-order valence-corrected chi connectivity index (χ4v) is 1.37. The van der Waals surface area contributed by atoms with E-state index in [2.05, 4.69) is 6.58 Å². The minimum atomic E-state index is -2.22. The van der Waals surface area contributed by atoms with Crippen molar-refractivity contribution in [2.45, 2.75) is 10.2 Å². The number of carbonyl (C=O) groups is 1. The SMILES string of the molecule is C=CCc1cc([N+](=O)[O-])ccc1OC(=O)C(Cl)(Cl)Cl. The van der Waals surface area contributed by atoms with Gasteiger partial charge in [-0.1, -0.05) is 40.9 Å². The molecule has 0 saturated heterocycles. The summed E-state index contributed by atoms with van der Waals surface area (Å²) < 4.78 is 2.68. The molecule has 0 spiro atoms. The Bertz CT molecular complexity index is 525.